The molecule has 3 heteroatoms. The van der Waals surface area contributed by atoms with Crippen molar-refractivity contribution in [2.45, 2.75) is 25.2 Å². The Bertz CT molecular complexity index is 553. The summed E-state index contributed by atoms with van der Waals surface area (Å²) in [6.07, 6.45) is 6.84. The molecule has 0 saturated heterocycles. The van der Waals surface area contributed by atoms with Crippen LogP contribution in [0.3, 0.4) is 0 Å². The highest BCUT2D eigenvalue weighted by Gasteiger charge is 2.13. The predicted octanol–water partition coefficient (Wildman–Crippen LogP) is 4.03. The molecular formula is C16H16O2S. The van der Waals surface area contributed by atoms with Crippen LogP contribution in [0.5, 0.6) is 0 Å². The van der Waals surface area contributed by atoms with Gasteiger partial charge in [-0.15, -0.1) is 0 Å². The van der Waals surface area contributed by atoms with Crippen molar-refractivity contribution in [2.75, 3.05) is 0 Å². The average molecular weight is 272 g/mol. The molecule has 1 atom stereocenters. The highest BCUT2D eigenvalue weighted by atomic mass is 32.2. The van der Waals surface area contributed by atoms with Crippen molar-refractivity contribution in [3.63, 3.8) is 0 Å². The van der Waals surface area contributed by atoms with E-state index in [2.05, 4.69) is 6.08 Å². The van der Waals surface area contributed by atoms with Crippen molar-refractivity contribution < 1.29 is 9.59 Å². The molecule has 2 nitrogen and oxygen atoms in total. The Morgan fingerprint density at radius 2 is 1.84 bits per heavy atom. The first-order valence-corrected chi connectivity index (χ1v) is 7.05. The maximum atomic E-state index is 11.2. The number of allylic oxidation sites excluding steroid dienone is 3. The standard InChI is InChI=1S/C16H16O2S/c1-11(17)13-3-7-15(8-4-13)19-16-9-5-14(6-10-16)12(2)18/h3-5,7-10,14H,6H2,1-2H3. The quantitative estimate of drug-likeness (QED) is 0.776. The average Bonchev–Trinajstić information content (AvgIpc) is 2.40. The fourth-order valence-electron chi connectivity index (χ4n) is 1.87. The van der Waals surface area contributed by atoms with Gasteiger partial charge in [-0.2, -0.15) is 0 Å². The minimum Gasteiger partial charge on any atom is -0.299 e. The molecule has 1 aliphatic carbocycles. The number of carbonyl (C=O) groups excluding carboxylic acids is 2. The van der Waals surface area contributed by atoms with E-state index >= 15 is 0 Å². The van der Waals surface area contributed by atoms with E-state index in [0.29, 0.717) is 0 Å². The number of hydrogen-bond acceptors (Lipinski definition) is 3. The van der Waals surface area contributed by atoms with Crippen LogP contribution in [0.25, 0.3) is 0 Å². The van der Waals surface area contributed by atoms with Crippen molar-refractivity contribution in [2.24, 2.45) is 5.92 Å². The minimum atomic E-state index is 0.0319. The molecule has 1 unspecified atom stereocenters. The van der Waals surface area contributed by atoms with Crippen molar-refractivity contribution in [1.82, 2.24) is 0 Å². The SMILES string of the molecule is CC(=O)c1ccc(SC2=CCC(C(C)=O)C=C2)cc1. The van der Waals surface area contributed by atoms with Crippen LogP contribution in [-0.4, -0.2) is 11.6 Å². The zero-order valence-electron chi connectivity index (χ0n) is 11.1. The molecule has 1 aromatic rings. The van der Waals surface area contributed by atoms with Crippen molar-refractivity contribution in [3.05, 3.63) is 53.0 Å². The van der Waals surface area contributed by atoms with Gasteiger partial charge in [-0.25, -0.2) is 0 Å². The van der Waals surface area contributed by atoms with Crippen LogP contribution < -0.4 is 0 Å². The van der Waals surface area contributed by atoms with Gasteiger partial charge in [0.05, 0.1) is 0 Å². The summed E-state index contributed by atoms with van der Waals surface area (Å²) >= 11 is 1.65. The van der Waals surface area contributed by atoms with Crippen LogP contribution in [0, 0.1) is 5.92 Å². The van der Waals surface area contributed by atoms with Gasteiger partial charge in [0.15, 0.2) is 5.78 Å². The number of ketones is 2. The molecule has 0 radical (unpaired) electrons. The van der Waals surface area contributed by atoms with E-state index < -0.39 is 0 Å². The van der Waals surface area contributed by atoms with Crippen molar-refractivity contribution in [1.29, 1.82) is 0 Å². The summed E-state index contributed by atoms with van der Waals surface area (Å²) in [6.45, 7) is 3.19. The number of benzene rings is 1. The van der Waals surface area contributed by atoms with E-state index in [1.54, 1.807) is 25.6 Å². The first-order valence-electron chi connectivity index (χ1n) is 6.24. The highest BCUT2D eigenvalue weighted by Crippen LogP contribution is 2.31. The molecular weight excluding hydrogens is 256 g/mol. The van der Waals surface area contributed by atoms with Gasteiger partial charge in [-0.3, -0.25) is 9.59 Å². The second kappa shape index (κ2) is 6.02. The summed E-state index contributed by atoms with van der Waals surface area (Å²) in [5.41, 5.74) is 0.731. The van der Waals surface area contributed by atoms with Crippen LogP contribution in [0.4, 0.5) is 0 Å². The maximum absolute atomic E-state index is 11.2. The Hall–Kier alpha value is -1.61. The number of rotatable bonds is 4. The highest BCUT2D eigenvalue weighted by molar-refractivity contribution is 8.03. The lowest BCUT2D eigenvalue weighted by molar-refractivity contribution is -0.119. The van der Waals surface area contributed by atoms with Crippen molar-refractivity contribution >= 4 is 23.3 Å². The third kappa shape index (κ3) is 3.67. The molecule has 0 amide bonds. The van der Waals surface area contributed by atoms with Crippen LogP contribution in [0.15, 0.2) is 52.3 Å². The molecule has 0 N–H and O–H groups in total. The second-order valence-electron chi connectivity index (χ2n) is 4.60. The molecule has 1 aliphatic rings. The summed E-state index contributed by atoms with van der Waals surface area (Å²) in [4.78, 5) is 24.7. The lowest BCUT2D eigenvalue weighted by atomic mass is 9.97. The first-order chi connectivity index (χ1) is 9.06. The predicted molar refractivity (Wildman–Crippen MR) is 78.3 cm³/mol. The third-order valence-electron chi connectivity index (χ3n) is 3.08. The van der Waals surface area contributed by atoms with Crippen molar-refractivity contribution in [3.8, 4) is 0 Å². The van der Waals surface area contributed by atoms with E-state index in [0.717, 1.165) is 21.8 Å². The van der Waals surface area contributed by atoms with Crippen LogP contribution >= 0.6 is 11.8 Å². The lowest BCUT2D eigenvalue weighted by Gasteiger charge is -2.13. The Labute approximate surface area is 117 Å². The van der Waals surface area contributed by atoms with Crippen LogP contribution in [0.2, 0.25) is 0 Å². The molecule has 2 rings (SSSR count). The van der Waals surface area contributed by atoms with Gasteiger partial charge >= 0.3 is 0 Å². The summed E-state index contributed by atoms with van der Waals surface area (Å²) < 4.78 is 0. The zero-order chi connectivity index (χ0) is 13.8. The number of carbonyl (C=O) groups is 2. The third-order valence-corrected chi connectivity index (χ3v) is 4.13. The van der Waals surface area contributed by atoms with E-state index in [1.165, 1.54) is 0 Å². The first kappa shape index (κ1) is 13.8. The molecule has 0 aliphatic heterocycles. The van der Waals surface area contributed by atoms with E-state index in [9.17, 15) is 9.59 Å². The topological polar surface area (TPSA) is 34.1 Å². The lowest BCUT2D eigenvalue weighted by Crippen LogP contribution is -2.08. The van der Waals surface area contributed by atoms with Gasteiger partial charge in [0.1, 0.15) is 5.78 Å². The van der Waals surface area contributed by atoms with Crippen LogP contribution in [0.1, 0.15) is 30.6 Å². The van der Waals surface area contributed by atoms with E-state index in [4.69, 9.17) is 0 Å². The van der Waals surface area contributed by atoms with Gasteiger partial charge in [0.2, 0.25) is 0 Å². The molecule has 0 aromatic heterocycles. The van der Waals surface area contributed by atoms with Gasteiger partial charge in [-0.1, -0.05) is 42.1 Å². The molecule has 0 heterocycles. The monoisotopic (exact) mass is 272 g/mol. The fourth-order valence-corrected chi connectivity index (χ4v) is 2.74. The zero-order valence-corrected chi connectivity index (χ0v) is 11.9. The van der Waals surface area contributed by atoms with Gasteiger partial charge in [-0.05, 0) is 32.4 Å². The van der Waals surface area contributed by atoms with E-state index in [1.807, 2.05) is 36.4 Å². The largest absolute Gasteiger partial charge is 0.299 e. The smallest absolute Gasteiger partial charge is 0.159 e. The maximum Gasteiger partial charge on any atom is 0.159 e. The van der Waals surface area contributed by atoms with Crippen LogP contribution in [-0.2, 0) is 4.79 Å². The number of thioether (sulfide) groups is 1. The second-order valence-corrected chi connectivity index (χ2v) is 5.75. The molecule has 0 fully saturated rings. The molecule has 0 spiro atoms. The Morgan fingerprint density at radius 3 is 2.32 bits per heavy atom. The molecule has 0 bridgehead atoms. The molecule has 1 aromatic carbocycles. The Balaban J connectivity index is 2.01. The summed E-state index contributed by atoms with van der Waals surface area (Å²) in [6, 6.07) is 7.59. The van der Waals surface area contributed by atoms with Gasteiger partial charge in [0.25, 0.3) is 0 Å². The van der Waals surface area contributed by atoms with Gasteiger partial charge in [0, 0.05) is 21.3 Å². The molecule has 0 saturated carbocycles. The Morgan fingerprint density at radius 1 is 1.16 bits per heavy atom. The number of Topliss-reactive ketones (excluding diaryl/α,β-unsaturated/α-hetero) is 2. The minimum absolute atomic E-state index is 0.0319. The summed E-state index contributed by atoms with van der Waals surface area (Å²) in [5, 5.41) is 0. The number of hydrogen-bond donors (Lipinski definition) is 0. The summed E-state index contributed by atoms with van der Waals surface area (Å²) in [5.74, 6) is 0.324. The molecule has 98 valence electrons. The molecule has 19 heavy (non-hydrogen) atoms. The fraction of sp³-hybridized carbons (Fsp3) is 0.250. The van der Waals surface area contributed by atoms with E-state index in [-0.39, 0.29) is 17.5 Å². The summed E-state index contributed by atoms with van der Waals surface area (Å²) in [7, 11) is 0. The van der Waals surface area contributed by atoms with Gasteiger partial charge < -0.3 is 0 Å². The normalized spacial score (nSPS) is 18.0. The Kier molecular flexibility index (Phi) is 4.38.